The van der Waals surface area contributed by atoms with Crippen LogP contribution < -0.4 is 19.7 Å². The fourth-order valence-corrected chi connectivity index (χ4v) is 4.90. The van der Waals surface area contributed by atoms with Gasteiger partial charge >= 0.3 is 12.1 Å². The van der Waals surface area contributed by atoms with Crippen molar-refractivity contribution < 1.29 is 41.4 Å². The maximum atomic E-state index is 14.2. The number of rotatable bonds is 10. The summed E-state index contributed by atoms with van der Waals surface area (Å²) >= 11 is 6.08. The number of ether oxygens (including phenoxy) is 3. The minimum atomic E-state index is -4.92. The molecule has 1 aliphatic heterocycles. The molecule has 0 bridgehead atoms. The first-order chi connectivity index (χ1) is 22.6. The van der Waals surface area contributed by atoms with Crippen molar-refractivity contribution >= 4 is 34.9 Å². The van der Waals surface area contributed by atoms with Crippen LogP contribution in [0.5, 0.6) is 11.5 Å². The number of anilines is 2. The van der Waals surface area contributed by atoms with Gasteiger partial charge in [-0.05, 0) is 69.0 Å². The van der Waals surface area contributed by atoms with Crippen molar-refractivity contribution in [3.05, 3.63) is 82.1 Å². The zero-order chi connectivity index (χ0) is 36.2. The minimum Gasteiger partial charge on any atom is -0.497 e. The summed E-state index contributed by atoms with van der Waals surface area (Å²) < 4.78 is 71.3. The largest absolute Gasteiger partial charge is 0.497 e. The van der Waals surface area contributed by atoms with Gasteiger partial charge in [-0.2, -0.15) is 13.2 Å². The fourth-order valence-electron chi connectivity index (χ4n) is 4.77. The van der Waals surface area contributed by atoms with E-state index >= 15 is 0 Å². The molecule has 1 aliphatic rings. The molecular formula is C36H45ClF4N2O5. The van der Waals surface area contributed by atoms with E-state index in [0.29, 0.717) is 45.8 Å². The number of carbonyl (C=O) groups excluding carboxylic acids is 2. The molecule has 0 aromatic heterocycles. The van der Waals surface area contributed by atoms with Crippen LogP contribution in [0, 0.1) is 5.82 Å². The van der Waals surface area contributed by atoms with E-state index in [0.717, 1.165) is 6.07 Å². The van der Waals surface area contributed by atoms with Crippen molar-refractivity contribution in [2.45, 2.75) is 85.5 Å². The third-order valence-corrected chi connectivity index (χ3v) is 6.98. The number of benzene rings is 3. The Bertz CT molecular complexity index is 1510. The first-order valence-electron chi connectivity index (χ1n) is 15.9. The van der Waals surface area contributed by atoms with E-state index in [1.807, 2.05) is 27.7 Å². The summed E-state index contributed by atoms with van der Waals surface area (Å²) in [5.41, 5.74) is -0.792. The number of halogens is 5. The Morgan fingerprint density at radius 2 is 1.58 bits per heavy atom. The molecule has 7 nitrogen and oxygen atoms in total. The van der Waals surface area contributed by atoms with Crippen LogP contribution in [0.1, 0.15) is 84.0 Å². The monoisotopic (exact) mass is 696 g/mol. The van der Waals surface area contributed by atoms with Crippen molar-refractivity contribution in [1.82, 2.24) is 0 Å². The van der Waals surface area contributed by atoms with Crippen LogP contribution in [0.25, 0.3) is 0 Å². The van der Waals surface area contributed by atoms with Crippen LogP contribution in [0.4, 0.5) is 28.9 Å². The average molecular weight is 697 g/mol. The van der Waals surface area contributed by atoms with Crippen molar-refractivity contribution in [3.63, 3.8) is 0 Å². The van der Waals surface area contributed by atoms with Crippen LogP contribution in [-0.4, -0.2) is 37.7 Å². The number of hydrogen-bond donors (Lipinski definition) is 1. The number of hydrogen-bond acceptors (Lipinski definition) is 6. The zero-order valence-corrected chi connectivity index (χ0v) is 29.4. The topological polar surface area (TPSA) is 77.1 Å². The van der Waals surface area contributed by atoms with Gasteiger partial charge in [-0.15, -0.1) is 0 Å². The number of nitrogens with one attached hydrogen (secondary N) is 1. The average Bonchev–Trinajstić information content (AvgIpc) is 3.45. The van der Waals surface area contributed by atoms with Crippen LogP contribution >= 0.6 is 11.6 Å². The van der Waals surface area contributed by atoms with Crippen LogP contribution in [-0.2, 0) is 26.9 Å². The summed E-state index contributed by atoms with van der Waals surface area (Å²) in [6.07, 6.45) is -4.16. The third kappa shape index (κ3) is 11.3. The summed E-state index contributed by atoms with van der Waals surface area (Å²) in [6, 6.07) is 11.8. The number of fused-ring (bicyclic) bond motifs is 1. The van der Waals surface area contributed by atoms with Crippen molar-refractivity contribution in [1.29, 1.82) is 0 Å². The van der Waals surface area contributed by atoms with Gasteiger partial charge in [0.15, 0.2) is 0 Å². The van der Waals surface area contributed by atoms with Gasteiger partial charge in [0.05, 0.1) is 19.3 Å². The first kappa shape index (κ1) is 40.2. The number of alkyl halides is 3. The molecule has 1 N–H and O–H groups in total. The Morgan fingerprint density at radius 3 is 2.17 bits per heavy atom. The molecule has 264 valence electrons. The Labute approximate surface area is 285 Å². The van der Waals surface area contributed by atoms with Gasteiger partial charge in [-0.1, -0.05) is 51.4 Å². The highest BCUT2D eigenvalue weighted by Gasteiger charge is 2.38. The van der Waals surface area contributed by atoms with E-state index in [9.17, 15) is 27.2 Å². The molecule has 3 aromatic carbocycles. The van der Waals surface area contributed by atoms with E-state index in [1.54, 1.807) is 63.2 Å². The molecule has 48 heavy (non-hydrogen) atoms. The SMILES string of the molecule is CC.CC.COc1cc(NC(C(=O)N2CCc3cc(F)c(C(F)(F)F)cc32)c2ccc(Cl)cc2)cc(OCCCC(=O)OC(C)(C)C)c1. The molecule has 0 fully saturated rings. The van der Waals surface area contributed by atoms with Gasteiger partial charge in [0.2, 0.25) is 0 Å². The lowest BCUT2D eigenvalue weighted by molar-refractivity contribution is -0.155. The zero-order valence-electron chi connectivity index (χ0n) is 28.7. The molecule has 0 saturated carbocycles. The lowest BCUT2D eigenvalue weighted by atomic mass is 10.0. The molecule has 3 aromatic rings. The lowest BCUT2D eigenvalue weighted by Gasteiger charge is -2.27. The predicted octanol–water partition coefficient (Wildman–Crippen LogP) is 9.80. The van der Waals surface area contributed by atoms with E-state index in [1.165, 1.54) is 12.0 Å². The van der Waals surface area contributed by atoms with Gasteiger partial charge in [0.1, 0.15) is 29.0 Å². The molecule has 1 atom stereocenters. The number of methoxy groups -OCH3 is 1. The highest BCUT2D eigenvalue weighted by molar-refractivity contribution is 6.30. The van der Waals surface area contributed by atoms with Gasteiger partial charge in [0, 0.05) is 47.6 Å². The second-order valence-electron chi connectivity index (χ2n) is 11.3. The second-order valence-corrected chi connectivity index (χ2v) is 11.7. The lowest BCUT2D eigenvalue weighted by Crippen LogP contribution is -2.37. The molecule has 12 heteroatoms. The molecular weight excluding hydrogens is 652 g/mol. The highest BCUT2D eigenvalue weighted by Crippen LogP contribution is 2.40. The van der Waals surface area contributed by atoms with Gasteiger partial charge in [0.25, 0.3) is 5.91 Å². The van der Waals surface area contributed by atoms with Gasteiger partial charge in [-0.3, -0.25) is 9.59 Å². The first-order valence-corrected chi connectivity index (χ1v) is 16.3. The number of carbonyl (C=O) groups is 2. The van der Waals surface area contributed by atoms with E-state index in [-0.39, 0.29) is 37.6 Å². The van der Waals surface area contributed by atoms with Crippen LogP contribution in [0.3, 0.4) is 0 Å². The van der Waals surface area contributed by atoms with E-state index < -0.39 is 35.1 Å². The number of nitrogens with zero attached hydrogens (tertiary/aromatic N) is 1. The summed E-state index contributed by atoms with van der Waals surface area (Å²) in [5.74, 6) is -1.46. The van der Waals surface area contributed by atoms with E-state index in [2.05, 4.69) is 5.32 Å². The summed E-state index contributed by atoms with van der Waals surface area (Å²) in [6.45, 7) is 13.6. The quantitative estimate of drug-likeness (QED) is 0.129. The molecule has 4 rings (SSSR count). The van der Waals surface area contributed by atoms with Crippen molar-refractivity contribution in [2.75, 3.05) is 30.5 Å². The van der Waals surface area contributed by atoms with Gasteiger partial charge in [-0.25, -0.2) is 4.39 Å². The maximum Gasteiger partial charge on any atom is 0.419 e. The molecule has 0 saturated heterocycles. The molecule has 1 heterocycles. The normalized spacial score (nSPS) is 12.8. The molecule has 0 aliphatic carbocycles. The second kappa shape index (κ2) is 18.0. The summed E-state index contributed by atoms with van der Waals surface area (Å²) in [7, 11) is 1.46. The molecule has 0 radical (unpaired) electrons. The summed E-state index contributed by atoms with van der Waals surface area (Å²) in [5, 5.41) is 3.59. The van der Waals surface area contributed by atoms with Crippen molar-refractivity contribution in [2.24, 2.45) is 0 Å². The van der Waals surface area contributed by atoms with Crippen LogP contribution in [0.2, 0.25) is 5.02 Å². The fraction of sp³-hybridized carbons (Fsp3) is 0.444. The highest BCUT2D eigenvalue weighted by atomic mass is 35.5. The minimum absolute atomic E-state index is 0.00383. The Balaban J connectivity index is 0.00000193. The number of amides is 1. The predicted molar refractivity (Wildman–Crippen MR) is 182 cm³/mol. The molecule has 0 spiro atoms. The number of esters is 1. The summed E-state index contributed by atoms with van der Waals surface area (Å²) in [4.78, 5) is 27.2. The van der Waals surface area contributed by atoms with Gasteiger partial charge < -0.3 is 24.4 Å². The molecule has 1 amide bonds. The Morgan fingerprint density at radius 1 is 0.958 bits per heavy atom. The molecule has 1 unspecified atom stereocenters. The van der Waals surface area contributed by atoms with Crippen molar-refractivity contribution in [3.8, 4) is 11.5 Å². The van der Waals surface area contributed by atoms with E-state index in [4.69, 9.17) is 25.8 Å². The Hall–Kier alpha value is -3.99. The smallest absolute Gasteiger partial charge is 0.419 e. The van der Waals surface area contributed by atoms with Crippen LogP contribution in [0.15, 0.2) is 54.6 Å². The maximum absolute atomic E-state index is 14.2. The third-order valence-electron chi connectivity index (χ3n) is 6.73. The standard InChI is InChI=1S/C32H33ClF4N2O5.2C2H6/c1-31(2,3)44-28(40)6-5-13-43-24-16-22(15-23(17-24)42-4)38-29(19-7-9-21(33)10-8-19)30(41)39-12-11-20-14-26(34)25(18-27(20)39)32(35,36)37;2*1-2/h7-10,14-18,29,38H,5-6,11-13H2,1-4H3;2*1-2H3. The Kier molecular flexibility index (Phi) is 15.0.